The Morgan fingerprint density at radius 2 is 1.89 bits per heavy atom. The highest BCUT2D eigenvalue weighted by Gasteiger charge is 2.22. The maximum absolute atomic E-state index is 9.74. The average molecular weight is 469 g/mol. The van der Waals surface area contributed by atoms with Gasteiger partial charge in [0.15, 0.2) is 0 Å². The lowest BCUT2D eigenvalue weighted by Gasteiger charge is -2.32. The van der Waals surface area contributed by atoms with Gasteiger partial charge >= 0.3 is 0 Å². The van der Waals surface area contributed by atoms with Gasteiger partial charge in [-0.15, -0.1) is 0 Å². The number of rotatable bonds is 6. The minimum absolute atomic E-state index is 0.594. The Kier molecular flexibility index (Phi) is 6.98. The summed E-state index contributed by atoms with van der Waals surface area (Å²) in [5.41, 5.74) is 4.38. The molecule has 0 aromatic carbocycles. The molecule has 0 amide bonds. The molecule has 0 spiro atoms. The molecule has 8 nitrogen and oxygen atoms in total. The van der Waals surface area contributed by atoms with Gasteiger partial charge in [0.25, 0.3) is 0 Å². The molecule has 3 aromatic heterocycles. The maximum Gasteiger partial charge on any atom is 0.146 e. The monoisotopic (exact) mass is 468 g/mol. The second-order valence-electron chi connectivity index (χ2n) is 9.82. The van der Waals surface area contributed by atoms with Gasteiger partial charge in [0.05, 0.1) is 17.0 Å². The third kappa shape index (κ3) is 5.64. The predicted molar refractivity (Wildman–Crippen MR) is 136 cm³/mol. The van der Waals surface area contributed by atoms with E-state index in [1.807, 2.05) is 24.5 Å². The normalized spacial score (nSPS) is 19.1. The first-order valence-corrected chi connectivity index (χ1v) is 12.4. The molecule has 0 N–H and O–H groups in total. The van der Waals surface area contributed by atoms with Crippen molar-refractivity contribution in [1.82, 2.24) is 29.7 Å². The first-order chi connectivity index (χ1) is 17.1. The molecule has 5 rings (SSSR count). The Bertz CT molecular complexity index is 1190. The summed E-state index contributed by atoms with van der Waals surface area (Å²) in [6.45, 7) is 9.40. The van der Waals surface area contributed by atoms with Crippen molar-refractivity contribution in [3.63, 3.8) is 0 Å². The second kappa shape index (κ2) is 10.5. The van der Waals surface area contributed by atoms with Crippen LogP contribution in [-0.2, 0) is 13.0 Å². The number of anilines is 1. The summed E-state index contributed by atoms with van der Waals surface area (Å²) in [5.74, 6) is 2.13. The summed E-state index contributed by atoms with van der Waals surface area (Å²) >= 11 is 0. The minimum atomic E-state index is 0.594. The van der Waals surface area contributed by atoms with Gasteiger partial charge in [-0.25, -0.2) is 15.0 Å². The van der Waals surface area contributed by atoms with E-state index >= 15 is 0 Å². The summed E-state index contributed by atoms with van der Waals surface area (Å²) in [4.78, 5) is 25.6. The Morgan fingerprint density at radius 3 is 2.60 bits per heavy atom. The number of nitrogens with zero attached hydrogens (tertiary/aromatic N) is 8. The number of hydrogen-bond donors (Lipinski definition) is 0. The highest BCUT2D eigenvalue weighted by Crippen LogP contribution is 2.28. The fourth-order valence-electron chi connectivity index (χ4n) is 4.78. The van der Waals surface area contributed by atoms with Gasteiger partial charge < -0.3 is 9.80 Å². The fraction of sp³-hybridized carbons (Fsp3) is 0.444. The third-order valence-corrected chi connectivity index (χ3v) is 6.94. The molecule has 180 valence electrons. The largest absolute Gasteiger partial charge is 0.355 e. The lowest BCUT2D eigenvalue weighted by molar-refractivity contribution is 0.147. The highest BCUT2D eigenvalue weighted by molar-refractivity contribution is 5.65. The molecule has 0 aliphatic carbocycles. The van der Waals surface area contributed by atoms with E-state index in [-0.39, 0.29) is 0 Å². The van der Waals surface area contributed by atoms with Crippen LogP contribution in [0.4, 0.5) is 5.82 Å². The van der Waals surface area contributed by atoms with E-state index in [1.54, 1.807) is 6.20 Å². The number of hydrogen-bond acceptors (Lipinski definition) is 8. The van der Waals surface area contributed by atoms with Crippen LogP contribution in [-0.4, -0.2) is 76.1 Å². The van der Waals surface area contributed by atoms with Gasteiger partial charge in [0, 0.05) is 76.4 Å². The number of likely N-dealkylation sites (N-methyl/N-ethyl adjacent to an activating group) is 1. The van der Waals surface area contributed by atoms with Crippen LogP contribution in [0.3, 0.4) is 0 Å². The Labute approximate surface area is 207 Å². The first kappa shape index (κ1) is 23.3. The molecule has 8 heteroatoms. The highest BCUT2D eigenvalue weighted by atomic mass is 15.2. The SMILES string of the molecule is C[C@H]1CCN(c2ncc(-c3ccnc(Cc4ccc(CN5CCN(C)CC5)nc4)n3)cc2C#N)C1. The molecule has 1 atom stereocenters. The Hall–Kier alpha value is -3.41. The van der Waals surface area contributed by atoms with E-state index in [2.05, 4.69) is 61.8 Å². The zero-order valence-corrected chi connectivity index (χ0v) is 20.6. The van der Waals surface area contributed by atoms with E-state index in [4.69, 9.17) is 4.98 Å². The van der Waals surface area contributed by atoms with Crippen molar-refractivity contribution in [2.24, 2.45) is 5.92 Å². The minimum Gasteiger partial charge on any atom is -0.355 e. The molecule has 35 heavy (non-hydrogen) atoms. The van der Waals surface area contributed by atoms with Crippen LogP contribution in [0.15, 0.2) is 42.9 Å². The molecule has 0 bridgehead atoms. The van der Waals surface area contributed by atoms with E-state index in [1.165, 1.54) is 0 Å². The Morgan fingerprint density at radius 1 is 1.03 bits per heavy atom. The molecule has 2 fully saturated rings. The van der Waals surface area contributed by atoms with Crippen molar-refractivity contribution in [3.05, 3.63) is 65.5 Å². The molecule has 5 heterocycles. The van der Waals surface area contributed by atoms with Crippen LogP contribution >= 0.6 is 0 Å². The standard InChI is InChI=1S/C27H32N8/c1-20-6-8-35(18-20)27-22(15-28)14-23(17-31-27)25-5-7-29-26(32-25)13-21-3-4-24(30-16-21)19-34-11-9-33(2)10-12-34/h3-5,7,14,16-17,20H,6,8-13,18-19H2,1-2H3/t20-/m0/s1. The summed E-state index contributed by atoms with van der Waals surface area (Å²) in [6, 6.07) is 10.3. The van der Waals surface area contributed by atoms with Crippen molar-refractivity contribution in [2.75, 3.05) is 51.2 Å². The van der Waals surface area contributed by atoms with E-state index < -0.39 is 0 Å². The molecular formula is C27H32N8. The third-order valence-electron chi connectivity index (χ3n) is 6.94. The van der Waals surface area contributed by atoms with Crippen LogP contribution in [0, 0.1) is 17.2 Å². The van der Waals surface area contributed by atoms with Crippen molar-refractivity contribution >= 4 is 5.82 Å². The lowest BCUT2D eigenvalue weighted by atomic mass is 10.1. The molecule has 2 aliphatic heterocycles. The molecule has 2 aliphatic rings. The number of nitriles is 1. The first-order valence-electron chi connectivity index (χ1n) is 12.4. The van der Waals surface area contributed by atoms with E-state index in [0.29, 0.717) is 17.9 Å². The topological polar surface area (TPSA) is 85.1 Å². The number of piperazine rings is 1. The summed E-state index contributed by atoms with van der Waals surface area (Å²) in [6.07, 6.45) is 7.27. The summed E-state index contributed by atoms with van der Waals surface area (Å²) in [7, 11) is 2.17. The predicted octanol–water partition coefficient (Wildman–Crippen LogP) is 2.99. The summed E-state index contributed by atoms with van der Waals surface area (Å²) in [5, 5.41) is 9.74. The smallest absolute Gasteiger partial charge is 0.146 e. The number of pyridine rings is 2. The number of aromatic nitrogens is 4. The van der Waals surface area contributed by atoms with Crippen LogP contribution in [0.25, 0.3) is 11.3 Å². The second-order valence-corrected chi connectivity index (χ2v) is 9.82. The fourth-order valence-corrected chi connectivity index (χ4v) is 4.78. The molecular weight excluding hydrogens is 436 g/mol. The van der Waals surface area contributed by atoms with Crippen molar-refractivity contribution < 1.29 is 0 Å². The van der Waals surface area contributed by atoms with Crippen LogP contribution < -0.4 is 4.90 Å². The van der Waals surface area contributed by atoms with E-state index in [0.717, 1.165) is 86.4 Å². The van der Waals surface area contributed by atoms with E-state index in [9.17, 15) is 5.26 Å². The average Bonchev–Trinajstić information content (AvgIpc) is 3.32. The lowest BCUT2D eigenvalue weighted by Crippen LogP contribution is -2.43. The summed E-state index contributed by atoms with van der Waals surface area (Å²) < 4.78 is 0. The quantitative estimate of drug-likeness (QED) is 0.546. The van der Waals surface area contributed by atoms with Crippen LogP contribution in [0.2, 0.25) is 0 Å². The zero-order chi connectivity index (χ0) is 24.2. The molecule has 0 radical (unpaired) electrons. The Balaban J connectivity index is 1.26. The van der Waals surface area contributed by atoms with Gasteiger partial charge in [-0.2, -0.15) is 5.26 Å². The molecule has 2 saturated heterocycles. The maximum atomic E-state index is 9.74. The van der Waals surface area contributed by atoms with Gasteiger partial charge in [-0.05, 0) is 43.1 Å². The van der Waals surface area contributed by atoms with Crippen LogP contribution in [0.5, 0.6) is 0 Å². The molecule has 0 unspecified atom stereocenters. The van der Waals surface area contributed by atoms with Crippen molar-refractivity contribution in [1.29, 1.82) is 5.26 Å². The van der Waals surface area contributed by atoms with Crippen molar-refractivity contribution in [3.8, 4) is 17.3 Å². The molecule has 3 aromatic rings. The van der Waals surface area contributed by atoms with Gasteiger partial charge in [0.1, 0.15) is 17.7 Å². The molecule has 0 saturated carbocycles. The van der Waals surface area contributed by atoms with Gasteiger partial charge in [-0.3, -0.25) is 9.88 Å². The zero-order valence-electron chi connectivity index (χ0n) is 20.6. The van der Waals surface area contributed by atoms with Gasteiger partial charge in [0.2, 0.25) is 0 Å². The van der Waals surface area contributed by atoms with Crippen molar-refractivity contribution in [2.45, 2.75) is 26.3 Å². The van der Waals surface area contributed by atoms with Gasteiger partial charge in [-0.1, -0.05) is 13.0 Å². The van der Waals surface area contributed by atoms with Crippen LogP contribution in [0.1, 0.15) is 36.0 Å².